The van der Waals surface area contributed by atoms with E-state index in [0.29, 0.717) is 17.5 Å². The molecule has 4 aromatic heterocycles. The Hall–Kier alpha value is -7.15. The van der Waals surface area contributed by atoms with Gasteiger partial charge in [-0.2, -0.15) is 0 Å². The zero-order valence-corrected chi connectivity index (χ0v) is 30.4. The minimum absolute atomic E-state index is 0.631. The van der Waals surface area contributed by atoms with Crippen molar-refractivity contribution in [2.45, 2.75) is 0 Å². The molecule has 0 N–H and O–H groups in total. The van der Waals surface area contributed by atoms with Gasteiger partial charge in [-0.3, -0.25) is 9.97 Å². The highest BCUT2D eigenvalue weighted by Crippen LogP contribution is 2.44. The van der Waals surface area contributed by atoms with Crippen LogP contribution in [0.25, 0.3) is 98.8 Å². The van der Waals surface area contributed by atoms with E-state index in [1.165, 1.54) is 36.9 Å². The van der Waals surface area contributed by atoms with Gasteiger partial charge in [-0.1, -0.05) is 146 Å². The first-order valence-corrected chi connectivity index (χ1v) is 19.0. The summed E-state index contributed by atoms with van der Waals surface area (Å²) in [7, 11) is 0. The number of aromatic nitrogens is 5. The van der Waals surface area contributed by atoms with Crippen molar-refractivity contribution in [2.75, 3.05) is 0 Å². The van der Waals surface area contributed by atoms with Crippen LogP contribution in [-0.4, -0.2) is 24.9 Å². The molecule has 0 spiro atoms. The van der Waals surface area contributed by atoms with Crippen LogP contribution >= 0.6 is 11.3 Å². The Morgan fingerprint density at radius 3 is 1.24 bits per heavy atom. The largest absolute Gasteiger partial charge is 0.265 e. The topological polar surface area (TPSA) is 64.5 Å². The molecule has 0 atom stereocenters. The number of hydrogen-bond donors (Lipinski definition) is 0. The second-order valence-corrected chi connectivity index (χ2v) is 14.4. The fourth-order valence-corrected chi connectivity index (χ4v) is 8.53. The summed E-state index contributed by atoms with van der Waals surface area (Å²) in [6.45, 7) is 0. The molecule has 0 saturated carbocycles. The predicted molar refractivity (Wildman–Crippen MR) is 226 cm³/mol. The fraction of sp³-hybridized carbons (Fsp3) is 0. The highest BCUT2D eigenvalue weighted by atomic mass is 32.1. The Kier molecular flexibility index (Phi) is 8.28. The van der Waals surface area contributed by atoms with Crippen LogP contribution in [0, 0.1) is 0 Å². The van der Waals surface area contributed by atoms with E-state index in [4.69, 9.17) is 15.0 Å². The van der Waals surface area contributed by atoms with E-state index in [1.807, 2.05) is 78.5 Å². The standard InChI is InChI=1S/C49H31N5S/c1-2-7-37(8-3-1)47-52-48(38-22-16-32(17-23-38)34-26-29-50-30-27-34)54-49(53-47)39-24-20-36(21-25-39)42-11-5-13-44-43-12-4-10-41(45(43)55-46(42)44)35-18-14-33(15-19-35)40-9-6-28-51-31-40/h1-31H. The van der Waals surface area contributed by atoms with E-state index in [-0.39, 0.29) is 0 Å². The molecule has 0 aliphatic rings. The monoisotopic (exact) mass is 721 g/mol. The third-order valence-electron chi connectivity index (χ3n) is 9.99. The van der Waals surface area contributed by atoms with Crippen LogP contribution in [0.4, 0.5) is 0 Å². The molecule has 6 aromatic carbocycles. The van der Waals surface area contributed by atoms with Gasteiger partial charge in [0.05, 0.1) is 0 Å². The normalized spacial score (nSPS) is 11.3. The van der Waals surface area contributed by atoms with Crippen LogP contribution in [0.3, 0.4) is 0 Å². The molecule has 10 aromatic rings. The number of thiophene rings is 1. The Morgan fingerprint density at radius 1 is 0.291 bits per heavy atom. The molecule has 0 fully saturated rings. The zero-order chi connectivity index (χ0) is 36.6. The van der Waals surface area contributed by atoms with Crippen LogP contribution in [0.2, 0.25) is 0 Å². The van der Waals surface area contributed by atoms with Gasteiger partial charge in [-0.15, -0.1) is 11.3 Å². The van der Waals surface area contributed by atoms with Crippen molar-refractivity contribution in [3.63, 3.8) is 0 Å². The average molecular weight is 722 g/mol. The van der Waals surface area contributed by atoms with Crippen molar-refractivity contribution in [2.24, 2.45) is 0 Å². The summed E-state index contributed by atoms with van der Waals surface area (Å²) in [5.74, 6) is 1.90. The van der Waals surface area contributed by atoms with E-state index >= 15 is 0 Å². The van der Waals surface area contributed by atoms with Crippen molar-refractivity contribution in [3.8, 4) is 78.7 Å². The highest BCUT2D eigenvalue weighted by molar-refractivity contribution is 7.26. The van der Waals surface area contributed by atoms with Crippen molar-refractivity contribution < 1.29 is 0 Å². The molecule has 0 aliphatic heterocycles. The molecule has 258 valence electrons. The van der Waals surface area contributed by atoms with Gasteiger partial charge in [0.2, 0.25) is 0 Å². The lowest BCUT2D eigenvalue weighted by atomic mass is 9.98. The molecule has 55 heavy (non-hydrogen) atoms. The lowest BCUT2D eigenvalue weighted by Crippen LogP contribution is -2.00. The Bertz CT molecular complexity index is 2930. The molecule has 10 rings (SSSR count). The second-order valence-electron chi connectivity index (χ2n) is 13.3. The number of hydrogen-bond acceptors (Lipinski definition) is 6. The minimum atomic E-state index is 0.631. The Morgan fingerprint density at radius 2 is 0.727 bits per heavy atom. The van der Waals surface area contributed by atoms with Crippen LogP contribution in [0.1, 0.15) is 0 Å². The van der Waals surface area contributed by atoms with Crippen molar-refractivity contribution >= 4 is 31.5 Å². The molecular weight excluding hydrogens is 691 g/mol. The minimum Gasteiger partial charge on any atom is -0.265 e. The van der Waals surface area contributed by atoms with E-state index in [0.717, 1.165) is 44.5 Å². The molecule has 0 aliphatic carbocycles. The highest BCUT2D eigenvalue weighted by Gasteiger charge is 2.16. The van der Waals surface area contributed by atoms with Crippen LogP contribution in [0.15, 0.2) is 189 Å². The number of nitrogens with zero attached hydrogens (tertiary/aromatic N) is 5. The van der Waals surface area contributed by atoms with Gasteiger partial charge >= 0.3 is 0 Å². The molecule has 0 bridgehead atoms. The zero-order valence-electron chi connectivity index (χ0n) is 29.5. The SMILES string of the molecule is c1ccc(-c2nc(-c3ccc(-c4ccncc4)cc3)nc(-c3ccc(-c4cccc5c4sc4c(-c6ccc(-c7cccnc7)cc6)cccc45)cc3)n2)cc1. The van der Waals surface area contributed by atoms with Crippen molar-refractivity contribution in [3.05, 3.63) is 189 Å². The van der Waals surface area contributed by atoms with Gasteiger partial charge < -0.3 is 0 Å². The summed E-state index contributed by atoms with van der Waals surface area (Å²) in [4.78, 5) is 23.4. The summed E-state index contributed by atoms with van der Waals surface area (Å²) < 4.78 is 2.56. The predicted octanol–water partition coefficient (Wildman–Crippen LogP) is 12.7. The van der Waals surface area contributed by atoms with E-state index in [9.17, 15) is 0 Å². The summed E-state index contributed by atoms with van der Waals surface area (Å²) in [6.07, 6.45) is 7.33. The smallest absolute Gasteiger partial charge is 0.164 e. The van der Waals surface area contributed by atoms with E-state index in [1.54, 1.807) is 6.20 Å². The summed E-state index contributed by atoms with van der Waals surface area (Å²) in [6, 6.07) is 57.2. The first kappa shape index (κ1) is 32.5. The number of benzene rings is 6. The third kappa shape index (κ3) is 6.24. The maximum absolute atomic E-state index is 5.01. The molecule has 4 heterocycles. The van der Waals surface area contributed by atoms with E-state index < -0.39 is 0 Å². The van der Waals surface area contributed by atoms with E-state index in [2.05, 4.69) is 125 Å². The molecule has 6 heteroatoms. The maximum Gasteiger partial charge on any atom is 0.164 e. The quantitative estimate of drug-likeness (QED) is 0.164. The second kappa shape index (κ2) is 14.0. The Balaban J connectivity index is 1.01. The third-order valence-corrected chi connectivity index (χ3v) is 11.3. The maximum atomic E-state index is 5.01. The van der Waals surface area contributed by atoms with Crippen LogP contribution in [0.5, 0.6) is 0 Å². The number of pyridine rings is 2. The average Bonchev–Trinajstić information content (AvgIpc) is 3.67. The molecule has 0 radical (unpaired) electrons. The van der Waals surface area contributed by atoms with Gasteiger partial charge in [-0.25, -0.2) is 15.0 Å². The number of fused-ring (bicyclic) bond motifs is 3. The fourth-order valence-electron chi connectivity index (χ4n) is 7.16. The van der Waals surface area contributed by atoms with Gasteiger partial charge in [-0.05, 0) is 62.7 Å². The summed E-state index contributed by atoms with van der Waals surface area (Å²) >= 11 is 1.86. The molecule has 0 saturated heterocycles. The molecule has 0 amide bonds. The molecule has 5 nitrogen and oxygen atoms in total. The van der Waals surface area contributed by atoms with Crippen LogP contribution < -0.4 is 0 Å². The Labute approximate surface area is 322 Å². The van der Waals surface area contributed by atoms with Crippen molar-refractivity contribution in [1.29, 1.82) is 0 Å². The molecular formula is C49H31N5S. The van der Waals surface area contributed by atoms with Gasteiger partial charge in [0.1, 0.15) is 0 Å². The van der Waals surface area contributed by atoms with Crippen molar-refractivity contribution in [1.82, 2.24) is 24.9 Å². The lowest BCUT2D eigenvalue weighted by molar-refractivity contribution is 1.07. The van der Waals surface area contributed by atoms with Gasteiger partial charge in [0.25, 0.3) is 0 Å². The van der Waals surface area contributed by atoms with Gasteiger partial charge in [0.15, 0.2) is 17.5 Å². The first-order valence-electron chi connectivity index (χ1n) is 18.1. The van der Waals surface area contributed by atoms with Gasteiger partial charge in [0, 0.05) is 61.7 Å². The van der Waals surface area contributed by atoms with Crippen LogP contribution in [-0.2, 0) is 0 Å². The lowest BCUT2D eigenvalue weighted by Gasteiger charge is -2.10. The summed E-state index contributed by atoms with van der Waals surface area (Å²) in [5, 5.41) is 2.53. The first-order chi connectivity index (χ1) is 27.2. The summed E-state index contributed by atoms with van der Waals surface area (Å²) in [5.41, 5.74) is 12.1. The molecule has 0 unspecified atom stereocenters. The number of rotatable bonds is 7.